The molecule has 11 nitrogen and oxygen atoms in total. The number of hydrogen-bond acceptors (Lipinski definition) is 8. The lowest BCUT2D eigenvalue weighted by Crippen LogP contribution is -2.41. The molecule has 2 aromatic carbocycles. The summed E-state index contributed by atoms with van der Waals surface area (Å²) in [6.07, 6.45) is 16.9. The molecule has 2 fully saturated rings. The van der Waals surface area contributed by atoms with Gasteiger partial charge in [-0.2, -0.15) is 0 Å². The maximum Gasteiger partial charge on any atom is 0.245 e. The maximum absolute atomic E-state index is 11.8. The summed E-state index contributed by atoms with van der Waals surface area (Å²) in [6, 6.07) is 19.5. The molecule has 0 radical (unpaired) electrons. The number of phenolic OH excluding ortho intramolecular Hbond substituents is 2. The number of benzene rings is 2. The largest absolute Gasteiger partial charge is 0.508 e. The zero-order valence-corrected chi connectivity index (χ0v) is 27.9. The number of carbonyl (C=O) groups excluding carboxylic acids is 1. The molecule has 2 aliphatic heterocycles. The number of pyridine rings is 2. The minimum absolute atomic E-state index is 0. The lowest BCUT2D eigenvalue weighted by molar-refractivity contribution is -0.126. The Balaban J connectivity index is 0.000000174. The van der Waals surface area contributed by atoms with E-state index in [4.69, 9.17) is 0 Å². The number of amides is 1. The van der Waals surface area contributed by atoms with Crippen LogP contribution in [-0.2, 0) is 4.79 Å². The van der Waals surface area contributed by atoms with Crippen molar-refractivity contribution in [2.45, 2.75) is 45.2 Å². The van der Waals surface area contributed by atoms with Crippen LogP contribution in [0.3, 0.4) is 0 Å². The van der Waals surface area contributed by atoms with Crippen LogP contribution in [0.15, 0.2) is 111 Å². The molecule has 2 aliphatic rings. The molecule has 0 aliphatic carbocycles. The van der Waals surface area contributed by atoms with Gasteiger partial charge in [0.15, 0.2) is 0 Å². The van der Waals surface area contributed by atoms with Crippen molar-refractivity contribution in [1.82, 2.24) is 29.0 Å². The number of aromatic hydroxyl groups is 2. The van der Waals surface area contributed by atoms with Gasteiger partial charge in [0.1, 0.15) is 11.5 Å². The number of anilines is 2. The molecule has 0 bridgehead atoms. The van der Waals surface area contributed by atoms with E-state index < -0.39 is 0 Å². The summed E-state index contributed by atoms with van der Waals surface area (Å²) in [5.74, 6) is 0.535. The Bertz CT molecular complexity index is 2070. The third kappa shape index (κ3) is 8.16. The number of rotatable bonds is 7. The van der Waals surface area contributed by atoms with Crippen LogP contribution >= 0.6 is 0 Å². The van der Waals surface area contributed by atoms with Crippen molar-refractivity contribution in [2.24, 2.45) is 0 Å². The molecule has 0 unspecified atom stereocenters. The molecule has 6 heterocycles. The molecule has 6 aromatic rings. The van der Waals surface area contributed by atoms with Gasteiger partial charge in [-0.3, -0.25) is 4.79 Å². The summed E-state index contributed by atoms with van der Waals surface area (Å²) in [6.45, 7) is 7.15. The molecule has 8 rings (SSSR count). The lowest BCUT2D eigenvalue weighted by atomic mass is 10.0. The zero-order valence-electron chi connectivity index (χ0n) is 27.9. The van der Waals surface area contributed by atoms with E-state index >= 15 is 0 Å². The highest BCUT2D eigenvalue weighted by Gasteiger charge is 2.22. The van der Waals surface area contributed by atoms with Gasteiger partial charge in [-0.05, 0) is 92.4 Å². The van der Waals surface area contributed by atoms with E-state index in [2.05, 4.69) is 50.8 Å². The second kappa shape index (κ2) is 15.8. The van der Waals surface area contributed by atoms with Gasteiger partial charge in [0, 0.05) is 48.7 Å². The van der Waals surface area contributed by atoms with Crippen molar-refractivity contribution in [3.05, 3.63) is 111 Å². The average Bonchev–Trinajstić information content (AvgIpc) is 3.84. The molecular formula is C40H46N8O3. The Labute approximate surface area is 298 Å². The van der Waals surface area contributed by atoms with Gasteiger partial charge in [0.25, 0.3) is 0 Å². The van der Waals surface area contributed by atoms with Gasteiger partial charge in [0.2, 0.25) is 5.91 Å². The normalized spacial score (nSPS) is 15.1. The molecule has 11 heteroatoms. The summed E-state index contributed by atoms with van der Waals surface area (Å²) in [7, 11) is 0. The molecule has 0 saturated carbocycles. The van der Waals surface area contributed by atoms with Gasteiger partial charge in [0.05, 0.1) is 47.5 Å². The summed E-state index contributed by atoms with van der Waals surface area (Å²) >= 11 is 0. The van der Waals surface area contributed by atoms with E-state index in [9.17, 15) is 15.0 Å². The van der Waals surface area contributed by atoms with Crippen LogP contribution in [0.5, 0.6) is 11.5 Å². The van der Waals surface area contributed by atoms with E-state index in [0.717, 1.165) is 96.5 Å². The van der Waals surface area contributed by atoms with Crippen LogP contribution in [0.25, 0.3) is 33.3 Å². The first-order valence-corrected chi connectivity index (χ1v) is 17.1. The average molecular weight is 687 g/mol. The first kappa shape index (κ1) is 35.0. The van der Waals surface area contributed by atoms with Crippen molar-refractivity contribution >= 4 is 28.3 Å². The monoisotopic (exact) mass is 686 g/mol. The van der Waals surface area contributed by atoms with Crippen LogP contribution in [0, 0.1) is 0 Å². The first-order valence-electron chi connectivity index (χ1n) is 17.1. The van der Waals surface area contributed by atoms with Gasteiger partial charge < -0.3 is 39.9 Å². The molecular weight excluding hydrogens is 640 g/mol. The van der Waals surface area contributed by atoms with Crippen LogP contribution < -0.4 is 16.0 Å². The Morgan fingerprint density at radius 3 is 1.63 bits per heavy atom. The fraction of sp³-hybridized carbons (Fsp3) is 0.275. The highest BCUT2D eigenvalue weighted by molar-refractivity contribution is 5.87. The van der Waals surface area contributed by atoms with Gasteiger partial charge in [-0.15, -0.1) is 0 Å². The fourth-order valence-electron chi connectivity index (χ4n) is 6.70. The van der Waals surface area contributed by atoms with Crippen LogP contribution in [0.2, 0.25) is 0 Å². The highest BCUT2D eigenvalue weighted by atomic mass is 16.3. The summed E-state index contributed by atoms with van der Waals surface area (Å²) in [5.41, 5.74) is 8.48. The van der Waals surface area contributed by atoms with E-state index in [0.29, 0.717) is 12.1 Å². The number of hydrogen-bond donors (Lipinski definition) is 5. The van der Waals surface area contributed by atoms with E-state index in [1.807, 2.05) is 62.9 Å². The Kier molecular flexibility index (Phi) is 10.9. The second-order valence-electron chi connectivity index (χ2n) is 12.9. The molecule has 4 aromatic heterocycles. The predicted octanol–water partition coefficient (Wildman–Crippen LogP) is 6.80. The molecule has 2 saturated heterocycles. The summed E-state index contributed by atoms with van der Waals surface area (Å²) in [5, 5.41) is 29.7. The third-order valence-corrected chi connectivity index (χ3v) is 9.48. The zero-order chi connectivity index (χ0) is 34.5. The Morgan fingerprint density at radius 1 is 0.725 bits per heavy atom. The van der Waals surface area contributed by atoms with Crippen molar-refractivity contribution in [3.8, 4) is 33.8 Å². The van der Waals surface area contributed by atoms with E-state index in [-0.39, 0.29) is 24.8 Å². The summed E-state index contributed by atoms with van der Waals surface area (Å²) in [4.78, 5) is 22.1. The van der Waals surface area contributed by atoms with E-state index in [1.165, 1.54) is 6.08 Å². The maximum atomic E-state index is 11.8. The van der Waals surface area contributed by atoms with Crippen molar-refractivity contribution in [1.29, 1.82) is 0 Å². The Hall–Kier alpha value is -5.81. The highest BCUT2D eigenvalue weighted by Crippen LogP contribution is 2.30. The first-order chi connectivity index (χ1) is 24.4. The molecule has 1 amide bonds. The van der Waals surface area contributed by atoms with E-state index in [1.54, 1.807) is 30.6 Å². The summed E-state index contributed by atoms with van der Waals surface area (Å²) < 4.78 is 4.05. The number of piperidine rings is 2. The molecule has 0 atom stereocenters. The van der Waals surface area contributed by atoms with Crippen molar-refractivity contribution in [3.63, 3.8) is 0 Å². The standard InChI is InChI=1S/C21H22N4O2.C18H20N4O.CH4/c1-2-21(27)24-9-7-17(8-10-24)23-19-11-16(13-25-14-22-12-20(19)25)15-3-5-18(26)6-4-15;23-16-3-1-13(2-4-16)14-9-17(18-10-20-12-22(18)11-14)21-15-5-7-19-8-6-15;/h2-6,11-14,17,23,26H,1,7-10H2;1-4,9-12,15,19,21,23H,5-8H2;1H4. The van der Waals surface area contributed by atoms with Crippen LogP contribution in [-0.4, -0.2) is 78.1 Å². The molecule has 51 heavy (non-hydrogen) atoms. The molecule has 264 valence electrons. The van der Waals surface area contributed by atoms with Crippen molar-refractivity contribution < 1.29 is 15.0 Å². The number of nitrogens with one attached hydrogen (secondary N) is 3. The van der Waals surface area contributed by atoms with Gasteiger partial charge in [-0.1, -0.05) is 38.3 Å². The number of likely N-dealkylation sites (tertiary alicyclic amines) is 1. The minimum Gasteiger partial charge on any atom is -0.508 e. The van der Waals surface area contributed by atoms with Crippen LogP contribution in [0.1, 0.15) is 33.1 Å². The number of imidazole rings is 2. The minimum atomic E-state index is 0. The van der Waals surface area contributed by atoms with Crippen LogP contribution in [0.4, 0.5) is 11.4 Å². The number of phenols is 2. The second-order valence-corrected chi connectivity index (χ2v) is 12.9. The number of aromatic nitrogens is 4. The van der Waals surface area contributed by atoms with Gasteiger partial charge >= 0.3 is 0 Å². The lowest BCUT2D eigenvalue weighted by Gasteiger charge is -2.32. The quantitative estimate of drug-likeness (QED) is 0.116. The Morgan fingerprint density at radius 2 is 1.18 bits per heavy atom. The topological polar surface area (TPSA) is 131 Å². The number of carbonyl (C=O) groups is 1. The third-order valence-electron chi connectivity index (χ3n) is 9.48. The SMILES string of the molecule is C.C=CC(=O)N1CCC(Nc2cc(-c3ccc(O)cc3)cn3cncc23)CC1.Oc1ccc(-c2cc(NC3CCNCC3)c3cncn3c2)cc1. The number of nitrogens with zero attached hydrogens (tertiary/aromatic N) is 5. The van der Waals surface area contributed by atoms with Gasteiger partial charge in [-0.25, -0.2) is 9.97 Å². The smallest absolute Gasteiger partial charge is 0.245 e. The molecule has 0 spiro atoms. The number of fused-ring (bicyclic) bond motifs is 2. The fourth-order valence-corrected chi connectivity index (χ4v) is 6.70. The van der Waals surface area contributed by atoms with Crippen molar-refractivity contribution in [2.75, 3.05) is 36.8 Å². The predicted molar refractivity (Wildman–Crippen MR) is 204 cm³/mol. The molecule has 5 N–H and O–H groups in total.